The Kier molecular flexibility index (Phi) is 3.35. The zero-order valence-corrected chi connectivity index (χ0v) is 11.4. The van der Waals surface area contributed by atoms with Gasteiger partial charge in [-0.1, -0.05) is 24.4 Å². The van der Waals surface area contributed by atoms with Crippen LogP contribution >= 0.6 is 11.6 Å². The number of aromatic nitrogens is 1. The second-order valence-corrected chi connectivity index (χ2v) is 5.98. The highest BCUT2D eigenvalue weighted by Crippen LogP contribution is 2.43. The lowest BCUT2D eigenvalue weighted by Crippen LogP contribution is -2.37. The molecule has 0 spiro atoms. The summed E-state index contributed by atoms with van der Waals surface area (Å²) < 4.78 is 0. The SMILES string of the molecule is O=C(N[C@@H]1CC[C@H]2CCC[C@H]21)c1c[nH]c(=O)c(Cl)c1. The Bertz CT molecular complexity index is 555. The Morgan fingerprint density at radius 1 is 1.32 bits per heavy atom. The molecule has 2 N–H and O–H groups in total. The number of nitrogens with one attached hydrogen (secondary N) is 2. The summed E-state index contributed by atoms with van der Waals surface area (Å²) in [5, 5.41) is 3.15. The Labute approximate surface area is 116 Å². The Balaban J connectivity index is 1.71. The highest BCUT2D eigenvalue weighted by atomic mass is 35.5. The van der Waals surface area contributed by atoms with Crippen LogP contribution in [0.5, 0.6) is 0 Å². The number of amides is 1. The fourth-order valence-electron chi connectivity index (χ4n) is 3.58. The molecule has 2 aliphatic carbocycles. The maximum atomic E-state index is 12.2. The van der Waals surface area contributed by atoms with E-state index in [4.69, 9.17) is 11.6 Å². The molecule has 2 aliphatic rings. The number of fused-ring (bicyclic) bond motifs is 1. The average Bonchev–Trinajstić information content (AvgIpc) is 2.97. The molecule has 0 unspecified atom stereocenters. The lowest BCUT2D eigenvalue weighted by Gasteiger charge is -2.20. The lowest BCUT2D eigenvalue weighted by atomic mass is 9.97. The lowest BCUT2D eigenvalue weighted by molar-refractivity contribution is 0.0926. The van der Waals surface area contributed by atoms with Crippen LogP contribution in [0.15, 0.2) is 17.1 Å². The summed E-state index contributed by atoms with van der Waals surface area (Å²) in [4.78, 5) is 25.8. The molecule has 1 aromatic rings. The molecule has 0 aromatic carbocycles. The smallest absolute Gasteiger partial charge is 0.266 e. The second-order valence-electron chi connectivity index (χ2n) is 5.58. The van der Waals surface area contributed by atoms with Gasteiger partial charge in [0.15, 0.2) is 0 Å². The van der Waals surface area contributed by atoms with Crippen molar-refractivity contribution in [3.05, 3.63) is 33.2 Å². The van der Waals surface area contributed by atoms with Gasteiger partial charge in [0, 0.05) is 12.2 Å². The van der Waals surface area contributed by atoms with Crippen molar-refractivity contribution in [1.29, 1.82) is 0 Å². The number of aromatic amines is 1. The summed E-state index contributed by atoms with van der Waals surface area (Å²) in [6.07, 6.45) is 7.53. The first-order valence-corrected chi connectivity index (χ1v) is 7.22. The first kappa shape index (κ1) is 12.7. The van der Waals surface area contributed by atoms with Gasteiger partial charge in [0.25, 0.3) is 11.5 Å². The Hall–Kier alpha value is -1.29. The van der Waals surface area contributed by atoms with Crippen molar-refractivity contribution >= 4 is 17.5 Å². The fourth-order valence-corrected chi connectivity index (χ4v) is 3.75. The van der Waals surface area contributed by atoms with Crippen molar-refractivity contribution in [1.82, 2.24) is 10.3 Å². The average molecular weight is 281 g/mol. The summed E-state index contributed by atoms with van der Waals surface area (Å²) in [6, 6.07) is 1.71. The monoisotopic (exact) mass is 280 g/mol. The summed E-state index contributed by atoms with van der Waals surface area (Å²) in [7, 11) is 0. The Morgan fingerprint density at radius 3 is 2.95 bits per heavy atom. The normalized spacial score (nSPS) is 29.2. The molecule has 0 aliphatic heterocycles. The highest BCUT2D eigenvalue weighted by Gasteiger charge is 2.39. The molecule has 1 amide bonds. The molecule has 2 fully saturated rings. The van der Waals surface area contributed by atoms with Crippen molar-refractivity contribution in [2.75, 3.05) is 0 Å². The molecule has 1 aromatic heterocycles. The van der Waals surface area contributed by atoms with E-state index in [9.17, 15) is 9.59 Å². The maximum absolute atomic E-state index is 12.2. The van der Waals surface area contributed by atoms with Crippen LogP contribution in [0.2, 0.25) is 5.02 Å². The number of rotatable bonds is 2. The van der Waals surface area contributed by atoms with Crippen molar-refractivity contribution in [2.45, 2.75) is 38.1 Å². The predicted octanol–water partition coefficient (Wildman–Crippen LogP) is 2.34. The van der Waals surface area contributed by atoms with E-state index in [0.29, 0.717) is 11.5 Å². The number of hydrogen-bond acceptors (Lipinski definition) is 2. The third kappa shape index (κ3) is 2.41. The van der Waals surface area contributed by atoms with Gasteiger partial charge in [-0.2, -0.15) is 0 Å². The predicted molar refractivity (Wildman–Crippen MR) is 73.4 cm³/mol. The minimum Gasteiger partial charge on any atom is -0.349 e. The van der Waals surface area contributed by atoms with E-state index in [1.165, 1.54) is 37.9 Å². The van der Waals surface area contributed by atoms with Crippen molar-refractivity contribution in [3.8, 4) is 0 Å². The Morgan fingerprint density at radius 2 is 2.16 bits per heavy atom. The molecule has 2 saturated carbocycles. The molecule has 19 heavy (non-hydrogen) atoms. The van der Waals surface area contributed by atoms with E-state index in [-0.39, 0.29) is 22.5 Å². The van der Waals surface area contributed by atoms with Crippen LogP contribution in [0.1, 0.15) is 42.5 Å². The van der Waals surface area contributed by atoms with Crippen LogP contribution in [0.3, 0.4) is 0 Å². The van der Waals surface area contributed by atoms with Gasteiger partial charge in [-0.15, -0.1) is 0 Å². The van der Waals surface area contributed by atoms with Crippen LogP contribution in [-0.4, -0.2) is 16.9 Å². The van der Waals surface area contributed by atoms with Gasteiger partial charge in [-0.3, -0.25) is 9.59 Å². The third-order valence-corrected chi connectivity index (χ3v) is 4.80. The zero-order valence-electron chi connectivity index (χ0n) is 10.6. The van der Waals surface area contributed by atoms with E-state index in [0.717, 1.165) is 12.3 Å². The van der Waals surface area contributed by atoms with Crippen LogP contribution in [0, 0.1) is 11.8 Å². The van der Waals surface area contributed by atoms with E-state index in [1.54, 1.807) is 0 Å². The number of carbonyl (C=O) groups excluding carboxylic acids is 1. The van der Waals surface area contributed by atoms with Crippen LogP contribution in [0.25, 0.3) is 0 Å². The van der Waals surface area contributed by atoms with Crippen LogP contribution < -0.4 is 10.9 Å². The van der Waals surface area contributed by atoms with Crippen LogP contribution in [-0.2, 0) is 0 Å². The maximum Gasteiger partial charge on any atom is 0.266 e. The highest BCUT2D eigenvalue weighted by molar-refractivity contribution is 6.30. The van der Waals surface area contributed by atoms with Crippen molar-refractivity contribution in [3.63, 3.8) is 0 Å². The number of hydrogen-bond donors (Lipinski definition) is 2. The standard InChI is InChI=1S/C14H17ClN2O2/c15-11-6-9(7-16-14(11)19)13(18)17-12-5-4-8-2-1-3-10(8)12/h6-8,10,12H,1-5H2,(H,16,19)(H,17,18)/t8-,10-,12-/m1/s1. The van der Waals surface area contributed by atoms with Crippen molar-refractivity contribution in [2.24, 2.45) is 11.8 Å². The fraction of sp³-hybridized carbons (Fsp3) is 0.571. The van der Waals surface area contributed by atoms with Gasteiger partial charge < -0.3 is 10.3 Å². The first-order valence-electron chi connectivity index (χ1n) is 6.84. The molecular weight excluding hydrogens is 264 g/mol. The van der Waals surface area contributed by atoms with Gasteiger partial charge in [-0.25, -0.2) is 0 Å². The minimum absolute atomic E-state index is 0.0535. The van der Waals surface area contributed by atoms with Gasteiger partial charge in [0.1, 0.15) is 5.02 Å². The first-order chi connectivity index (χ1) is 9.15. The summed E-state index contributed by atoms with van der Waals surface area (Å²) in [5.41, 5.74) is 0.0565. The molecule has 1 heterocycles. The van der Waals surface area contributed by atoms with E-state index in [1.807, 2.05) is 0 Å². The number of halogens is 1. The molecule has 3 atom stereocenters. The topological polar surface area (TPSA) is 62.0 Å². The van der Waals surface area contributed by atoms with Gasteiger partial charge in [0.2, 0.25) is 0 Å². The number of pyridine rings is 1. The quantitative estimate of drug-likeness (QED) is 0.873. The van der Waals surface area contributed by atoms with Gasteiger partial charge in [-0.05, 0) is 37.2 Å². The molecular formula is C14H17ClN2O2. The third-order valence-electron chi connectivity index (χ3n) is 4.52. The molecule has 102 valence electrons. The molecule has 3 rings (SSSR count). The van der Waals surface area contributed by atoms with Crippen molar-refractivity contribution < 1.29 is 4.79 Å². The minimum atomic E-state index is -0.366. The zero-order chi connectivity index (χ0) is 13.4. The molecule has 5 heteroatoms. The molecule has 4 nitrogen and oxygen atoms in total. The largest absolute Gasteiger partial charge is 0.349 e. The second kappa shape index (κ2) is 5.00. The molecule has 0 bridgehead atoms. The number of H-pyrrole nitrogens is 1. The van der Waals surface area contributed by atoms with Gasteiger partial charge in [0.05, 0.1) is 5.56 Å². The summed E-state index contributed by atoms with van der Waals surface area (Å²) in [6.45, 7) is 0. The summed E-state index contributed by atoms with van der Waals surface area (Å²) in [5.74, 6) is 1.29. The molecule has 0 saturated heterocycles. The molecule has 0 radical (unpaired) electrons. The number of carbonyl (C=O) groups is 1. The van der Waals surface area contributed by atoms with Crippen LogP contribution in [0.4, 0.5) is 0 Å². The van der Waals surface area contributed by atoms with E-state index in [2.05, 4.69) is 10.3 Å². The summed E-state index contributed by atoms with van der Waals surface area (Å²) >= 11 is 5.74. The van der Waals surface area contributed by atoms with E-state index < -0.39 is 0 Å². The van der Waals surface area contributed by atoms with E-state index >= 15 is 0 Å². The van der Waals surface area contributed by atoms with Gasteiger partial charge >= 0.3 is 0 Å².